The molecule has 158 valence electrons. The number of likely N-dealkylation sites (tertiary alicyclic amines) is 1. The van der Waals surface area contributed by atoms with Crippen molar-refractivity contribution in [3.8, 4) is 11.5 Å². The molecular weight excluding hydrogens is 383 g/mol. The lowest BCUT2D eigenvalue weighted by atomic mass is 9.93. The molecule has 30 heavy (non-hydrogen) atoms. The van der Waals surface area contributed by atoms with Crippen LogP contribution in [0.15, 0.2) is 58.7 Å². The van der Waals surface area contributed by atoms with Crippen LogP contribution in [0.1, 0.15) is 25.1 Å². The molecule has 0 aliphatic carbocycles. The fourth-order valence-corrected chi connectivity index (χ4v) is 3.88. The summed E-state index contributed by atoms with van der Waals surface area (Å²) >= 11 is 0. The van der Waals surface area contributed by atoms with Crippen LogP contribution in [0.5, 0.6) is 0 Å². The number of guanidine groups is 1. The monoisotopic (exact) mass is 410 g/mol. The molecule has 7 nitrogen and oxygen atoms in total. The molecule has 1 N–H and O–H groups in total. The highest BCUT2D eigenvalue weighted by atomic mass is 19.1. The van der Waals surface area contributed by atoms with Gasteiger partial charge >= 0.3 is 0 Å². The average molecular weight is 410 g/mol. The molecule has 2 unspecified atom stereocenters. The second kappa shape index (κ2) is 9.11. The summed E-state index contributed by atoms with van der Waals surface area (Å²) in [4.78, 5) is 15.5. The summed E-state index contributed by atoms with van der Waals surface area (Å²) in [5.41, 5.74) is 1.61. The van der Waals surface area contributed by atoms with Gasteiger partial charge in [0.25, 0.3) is 0 Å². The van der Waals surface area contributed by atoms with Crippen LogP contribution in [0.25, 0.3) is 11.5 Å². The van der Waals surface area contributed by atoms with Crippen LogP contribution in [0.4, 0.5) is 4.39 Å². The van der Waals surface area contributed by atoms with Crippen molar-refractivity contribution >= 4 is 5.96 Å². The first-order valence-electron chi connectivity index (χ1n) is 10.3. The van der Waals surface area contributed by atoms with Crippen molar-refractivity contribution in [3.63, 3.8) is 0 Å². The normalized spacial score (nSPS) is 19.8. The summed E-state index contributed by atoms with van der Waals surface area (Å²) in [5.74, 6) is 1.72. The van der Waals surface area contributed by atoms with Gasteiger partial charge in [0.2, 0.25) is 5.89 Å². The van der Waals surface area contributed by atoms with Gasteiger partial charge in [0, 0.05) is 51.1 Å². The van der Waals surface area contributed by atoms with Gasteiger partial charge < -0.3 is 19.2 Å². The molecule has 3 aromatic rings. The number of hydrogen-bond donors (Lipinski definition) is 1. The number of halogens is 1. The van der Waals surface area contributed by atoms with E-state index in [1.165, 1.54) is 12.1 Å². The zero-order valence-electron chi connectivity index (χ0n) is 17.3. The van der Waals surface area contributed by atoms with Crippen LogP contribution in [0.3, 0.4) is 0 Å². The predicted octanol–water partition coefficient (Wildman–Crippen LogP) is 3.38. The SMILES string of the molecule is CN=C(NCCc1coc(-c2ccc(F)cc2)n1)N1CCC(C)C(n2ccnc2)C1. The first-order chi connectivity index (χ1) is 14.6. The van der Waals surface area contributed by atoms with Gasteiger partial charge in [-0.15, -0.1) is 0 Å². The molecule has 1 aliphatic rings. The maximum absolute atomic E-state index is 13.1. The molecule has 4 rings (SSSR count). The van der Waals surface area contributed by atoms with E-state index in [2.05, 4.69) is 36.7 Å². The number of aromatic nitrogens is 3. The van der Waals surface area contributed by atoms with Crippen LogP contribution >= 0.6 is 0 Å². The second-order valence-corrected chi connectivity index (χ2v) is 7.66. The van der Waals surface area contributed by atoms with Gasteiger partial charge in [-0.1, -0.05) is 6.92 Å². The van der Waals surface area contributed by atoms with Gasteiger partial charge in [0.05, 0.1) is 18.1 Å². The van der Waals surface area contributed by atoms with E-state index < -0.39 is 0 Å². The Hall–Kier alpha value is -3.16. The Kier molecular flexibility index (Phi) is 6.11. The smallest absolute Gasteiger partial charge is 0.226 e. The van der Waals surface area contributed by atoms with Gasteiger partial charge in [0.15, 0.2) is 5.96 Å². The summed E-state index contributed by atoms with van der Waals surface area (Å²) in [6.07, 6.45) is 9.22. The van der Waals surface area contributed by atoms with Crippen LogP contribution in [-0.4, -0.2) is 52.1 Å². The summed E-state index contributed by atoms with van der Waals surface area (Å²) in [5, 5.41) is 3.44. The quantitative estimate of drug-likeness (QED) is 0.516. The van der Waals surface area contributed by atoms with Crippen LogP contribution in [0, 0.1) is 11.7 Å². The molecule has 8 heteroatoms. The molecule has 2 aromatic heterocycles. The molecule has 0 radical (unpaired) electrons. The number of rotatable bonds is 5. The number of aliphatic imine (C=N–C) groups is 1. The zero-order chi connectivity index (χ0) is 20.9. The van der Waals surface area contributed by atoms with Crippen LogP contribution in [-0.2, 0) is 6.42 Å². The number of benzene rings is 1. The Balaban J connectivity index is 1.32. The standard InChI is InChI=1S/C22H27FN6O/c1-16-8-11-28(13-20(16)29-12-10-25-15-29)22(24-2)26-9-7-19-14-30-21(27-19)17-3-5-18(23)6-4-17/h3-6,10,12,14-16,20H,7-9,11,13H2,1-2H3,(H,24,26). The molecule has 0 spiro atoms. The van der Waals surface area contributed by atoms with Gasteiger partial charge in [-0.2, -0.15) is 0 Å². The molecule has 1 aliphatic heterocycles. The van der Waals surface area contributed by atoms with Gasteiger partial charge in [0.1, 0.15) is 12.1 Å². The molecule has 1 fully saturated rings. The maximum Gasteiger partial charge on any atom is 0.226 e. The zero-order valence-corrected chi connectivity index (χ0v) is 17.3. The Morgan fingerprint density at radius 3 is 2.90 bits per heavy atom. The number of piperidine rings is 1. The lowest BCUT2D eigenvalue weighted by Gasteiger charge is -2.39. The van der Waals surface area contributed by atoms with Crippen LogP contribution < -0.4 is 5.32 Å². The van der Waals surface area contributed by atoms with E-state index in [-0.39, 0.29) is 5.82 Å². The molecular formula is C22H27FN6O. The molecule has 0 amide bonds. The van der Waals surface area contributed by atoms with E-state index in [9.17, 15) is 4.39 Å². The molecule has 0 bridgehead atoms. The molecule has 3 heterocycles. The van der Waals surface area contributed by atoms with Crippen LogP contribution in [0.2, 0.25) is 0 Å². The average Bonchev–Trinajstić information content (AvgIpc) is 3.45. The van der Waals surface area contributed by atoms with E-state index in [4.69, 9.17) is 4.42 Å². The maximum atomic E-state index is 13.1. The van der Waals surface area contributed by atoms with Crippen molar-refractivity contribution < 1.29 is 8.81 Å². The molecule has 0 saturated carbocycles. The number of imidazole rings is 1. The molecule has 2 atom stereocenters. The minimum atomic E-state index is -0.275. The van der Waals surface area contributed by atoms with Crippen molar-refractivity contribution in [2.75, 3.05) is 26.7 Å². The van der Waals surface area contributed by atoms with Crippen molar-refractivity contribution in [3.05, 3.63) is 60.8 Å². The van der Waals surface area contributed by atoms with E-state index in [1.807, 2.05) is 25.8 Å². The second-order valence-electron chi connectivity index (χ2n) is 7.66. The van der Waals surface area contributed by atoms with E-state index in [0.29, 0.717) is 30.8 Å². The highest BCUT2D eigenvalue weighted by molar-refractivity contribution is 5.80. The Bertz CT molecular complexity index is 966. The minimum absolute atomic E-state index is 0.275. The van der Waals surface area contributed by atoms with Crippen molar-refractivity contribution in [1.29, 1.82) is 0 Å². The largest absolute Gasteiger partial charge is 0.444 e. The predicted molar refractivity (Wildman–Crippen MR) is 114 cm³/mol. The third-order valence-electron chi connectivity index (χ3n) is 5.64. The highest BCUT2D eigenvalue weighted by Crippen LogP contribution is 2.27. The van der Waals surface area contributed by atoms with Crippen molar-refractivity contribution in [2.24, 2.45) is 10.9 Å². The lowest BCUT2D eigenvalue weighted by Crippen LogP contribution is -2.49. The minimum Gasteiger partial charge on any atom is -0.444 e. The number of nitrogens with zero attached hydrogens (tertiary/aromatic N) is 5. The summed E-state index contributed by atoms with van der Waals surface area (Å²) in [7, 11) is 1.81. The van der Waals surface area contributed by atoms with Gasteiger partial charge in [-0.05, 0) is 36.6 Å². The van der Waals surface area contributed by atoms with E-state index >= 15 is 0 Å². The third kappa shape index (κ3) is 4.53. The fourth-order valence-electron chi connectivity index (χ4n) is 3.88. The fraction of sp³-hybridized carbons (Fsp3) is 0.409. The molecule has 1 aromatic carbocycles. The highest BCUT2D eigenvalue weighted by Gasteiger charge is 2.28. The van der Waals surface area contributed by atoms with Crippen molar-refractivity contribution in [2.45, 2.75) is 25.8 Å². The Labute approximate surface area is 175 Å². The van der Waals surface area contributed by atoms with Crippen molar-refractivity contribution in [1.82, 2.24) is 24.8 Å². The Morgan fingerprint density at radius 2 is 2.17 bits per heavy atom. The lowest BCUT2D eigenvalue weighted by molar-refractivity contribution is 0.189. The molecule has 1 saturated heterocycles. The number of nitrogens with one attached hydrogen (secondary N) is 1. The van der Waals surface area contributed by atoms with Gasteiger partial charge in [-0.3, -0.25) is 4.99 Å². The first-order valence-corrected chi connectivity index (χ1v) is 10.3. The Morgan fingerprint density at radius 1 is 1.33 bits per heavy atom. The number of hydrogen-bond acceptors (Lipinski definition) is 4. The summed E-state index contributed by atoms with van der Waals surface area (Å²) in [6.45, 7) is 4.87. The van der Waals surface area contributed by atoms with E-state index in [1.54, 1.807) is 18.4 Å². The van der Waals surface area contributed by atoms with Gasteiger partial charge in [-0.25, -0.2) is 14.4 Å². The number of oxazole rings is 1. The summed E-state index contributed by atoms with van der Waals surface area (Å²) in [6, 6.07) is 6.52. The summed E-state index contributed by atoms with van der Waals surface area (Å²) < 4.78 is 20.8. The third-order valence-corrected chi connectivity index (χ3v) is 5.64. The van der Waals surface area contributed by atoms with E-state index in [0.717, 1.165) is 36.7 Å². The first kappa shape index (κ1) is 20.1. The topological polar surface area (TPSA) is 71.5 Å².